The number of nitrogens with zero attached hydrogens (tertiary/aromatic N) is 2. The molecule has 0 saturated heterocycles. The highest BCUT2D eigenvalue weighted by Crippen LogP contribution is 2.30. The normalized spacial score (nSPS) is 11.8. The predicted molar refractivity (Wildman–Crippen MR) is 124 cm³/mol. The summed E-state index contributed by atoms with van der Waals surface area (Å²) in [6, 6.07) is 19.2. The summed E-state index contributed by atoms with van der Waals surface area (Å²) in [4.78, 5) is 53.0. The fraction of sp³-hybridized carbons (Fsp3) is 0.115. The van der Waals surface area contributed by atoms with Crippen LogP contribution in [-0.4, -0.2) is 36.6 Å². The van der Waals surface area contributed by atoms with Crippen molar-refractivity contribution in [2.45, 2.75) is 6.42 Å². The summed E-state index contributed by atoms with van der Waals surface area (Å²) < 4.78 is 5.23. The highest BCUT2D eigenvalue weighted by Gasteiger charge is 2.33. The first kappa shape index (κ1) is 22.9. The molecule has 34 heavy (non-hydrogen) atoms. The van der Waals surface area contributed by atoms with E-state index in [9.17, 15) is 19.2 Å². The van der Waals surface area contributed by atoms with E-state index in [0.717, 1.165) is 0 Å². The van der Waals surface area contributed by atoms with Crippen molar-refractivity contribution >= 4 is 40.7 Å². The Balaban J connectivity index is 1.57. The molecule has 3 aromatic carbocycles. The molecule has 0 bridgehead atoms. The average Bonchev–Trinajstić information content (AvgIpc) is 2.85. The van der Waals surface area contributed by atoms with Gasteiger partial charge in [-0.05, 0) is 24.3 Å². The van der Waals surface area contributed by atoms with E-state index in [2.05, 4.69) is 0 Å². The second-order valence-electron chi connectivity index (χ2n) is 7.44. The first-order valence-electron chi connectivity index (χ1n) is 10.3. The van der Waals surface area contributed by atoms with Crippen molar-refractivity contribution in [3.05, 3.63) is 99.6 Å². The van der Waals surface area contributed by atoms with Crippen LogP contribution in [0.4, 0.5) is 5.69 Å². The molecule has 0 saturated carbocycles. The zero-order chi connectivity index (χ0) is 24.2. The number of amides is 1. The van der Waals surface area contributed by atoms with E-state index in [4.69, 9.17) is 21.6 Å². The quantitative estimate of drug-likeness (QED) is 0.389. The number of carbonyl (C=O) groups is 4. The molecule has 1 aliphatic rings. The molecular formula is C26H17ClN2O5. The monoisotopic (exact) mass is 472 g/mol. The van der Waals surface area contributed by atoms with Gasteiger partial charge in [0.25, 0.3) is 5.91 Å². The van der Waals surface area contributed by atoms with Gasteiger partial charge in [-0.1, -0.05) is 54.1 Å². The average molecular weight is 473 g/mol. The minimum atomic E-state index is -0.906. The summed E-state index contributed by atoms with van der Waals surface area (Å²) in [5.74, 6) is -2.29. The SMILES string of the molecule is N#CCCN(C(=O)COC(=O)c1cccc2c1C(=O)c1ccccc1C2=O)c1cccc(Cl)c1. The third kappa shape index (κ3) is 4.32. The Morgan fingerprint density at radius 2 is 1.59 bits per heavy atom. The molecule has 1 aliphatic carbocycles. The number of halogens is 1. The van der Waals surface area contributed by atoms with Crippen LogP contribution < -0.4 is 4.90 Å². The van der Waals surface area contributed by atoms with Gasteiger partial charge in [0.1, 0.15) is 0 Å². The topological polar surface area (TPSA) is 105 Å². The number of carbonyl (C=O) groups excluding carboxylic acids is 4. The van der Waals surface area contributed by atoms with Crippen molar-refractivity contribution in [1.29, 1.82) is 5.26 Å². The van der Waals surface area contributed by atoms with Gasteiger partial charge < -0.3 is 9.64 Å². The summed E-state index contributed by atoms with van der Waals surface area (Å²) in [5, 5.41) is 9.34. The van der Waals surface area contributed by atoms with Crippen LogP contribution in [0.15, 0.2) is 66.7 Å². The second kappa shape index (κ2) is 9.69. The Bertz CT molecular complexity index is 1380. The largest absolute Gasteiger partial charge is 0.452 e. The van der Waals surface area contributed by atoms with Gasteiger partial charge in [-0.25, -0.2) is 4.79 Å². The summed E-state index contributed by atoms with van der Waals surface area (Å²) in [6.07, 6.45) is 0.0639. The summed E-state index contributed by atoms with van der Waals surface area (Å²) in [7, 11) is 0. The lowest BCUT2D eigenvalue weighted by atomic mass is 9.82. The summed E-state index contributed by atoms with van der Waals surface area (Å²) in [5.41, 5.74) is 0.914. The van der Waals surface area contributed by atoms with Crippen LogP contribution in [0.1, 0.15) is 48.6 Å². The van der Waals surface area contributed by atoms with E-state index >= 15 is 0 Å². The first-order valence-corrected chi connectivity index (χ1v) is 10.7. The van der Waals surface area contributed by atoms with E-state index in [1.165, 1.54) is 29.2 Å². The molecule has 0 fully saturated rings. The maximum absolute atomic E-state index is 13.1. The highest BCUT2D eigenvalue weighted by molar-refractivity contribution is 6.31. The number of hydrogen-bond donors (Lipinski definition) is 0. The lowest BCUT2D eigenvalue weighted by Crippen LogP contribution is -2.35. The number of fused-ring (bicyclic) bond motifs is 2. The van der Waals surface area contributed by atoms with E-state index < -0.39 is 24.3 Å². The van der Waals surface area contributed by atoms with Crippen molar-refractivity contribution in [3.8, 4) is 6.07 Å². The molecule has 0 radical (unpaired) electrons. The lowest BCUT2D eigenvalue weighted by Gasteiger charge is -2.22. The van der Waals surface area contributed by atoms with E-state index in [1.54, 1.807) is 42.5 Å². The molecule has 0 unspecified atom stereocenters. The van der Waals surface area contributed by atoms with E-state index in [1.807, 2.05) is 6.07 Å². The maximum Gasteiger partial charge on any atom is 0.339 e. The number of nitriles is 1. The zero-order valence-corrected chi connectivity index (χ0v) is 18.5. The van der Waals surface area contributed by atoms with Crippen molar-refractivity contribution < 1.29 is 23.9 Å². The molecule has 0 heterocycles. The molecular weight excluding hydrogens is 456 g/mol. The third-order valence-corrected chi connectivity index (χ3v) is 5.60. The minimum Gasteiger partial charge on any atom is -0.452 e. The van der Waals surface area contributed by atoms with Gasteiger partial charge in [0.05, 0.1) is 18.1 Å². The van der Waals surface area contributed by atoms with Gasteiger partial charge in [-0.15, -0.1) is 0 Å². The van der Waals surface area contributed by atoms with Gasteiger partial charge in [0.15, 0.2) is 18.2 Å². The third-order valence-electron chi connectivity index (χ3n) is 5.37. The molecule has 3 aromatic rings. The standard InChI is InChI=1S/C26H17ClN2O5/c27-16-6-3-7-17(14-16)29(13-5-12-28)22(30)15-34-26(33)21-11-4-10-20-23(21)25(32)19-9-2-1-8-18(19)24(20)31/h1-4,6-11,14H,5,13,15H2. The first-order chi connectivity index (χ1) is 16.4. The van der Waals surface area contributed by atoms with Crippen LogP contribution in [-0.2, 0) is 9.53 Å². The molecule has 0 N–H and O–H groups in total. The molecule has 4 rings (SSSR count). The summed E-state index contributed by atoms with van der Waals surface area (Å²) in [6.45, 7) is -0.545. The number of rotatable bonds is 6. The number of benzene rings is 3. The fourth-order valence-corrected chi connectivity index (χ4v) is 3.99. The number of esters is 1. The zero-order valence-electron chi connectivity index (χ0n) is 17.8. The molecule has 7 nitrogen and oxygen atoms in total. The molecule has 8 heteroatoms. The van der Waals surface area contributed by atoms with Crippen LogP contribution in [0.2, 0.25) is 5.02 Å². The number of hydrogen-bond acceptors (Lipinski definition) is 6. The van der Waals surface area contributed by atoms with Gasteiger partial charge in [-0.2, -0.15) is 5.26 Å². The Hall–Kier alpha value is -4.28. The Kier molecular flexibility index (Phi) is 6.53. The van der Waals surface area contributed by atoms with Crippen LogP contribution in [0, 0.1) is 11.3 Å². The van der Waals surface area contributed by atoms with E-state index in [0.29, 0.717) is 10.7 Å². The van der Waals surface area contributed by atoms with E-state index in [-0.39, 0.29) is 46.6 Å². The van der Waals surface area contributed by atoms with Crippen molar-refractivity contribution in [1.82, 2.24) is 0 Å². The predicted octanol–water partition coefficient (Wildman–Crippen LogP) is 4.22. The highest BCUT2D eigenvalue weighted by atomic mass is 35.5. The van der Waals surface area contributed by atoms with Gasteiger partial charge >= 0.3 is 5.97 Å². The molecule has 0 aromatic heterocycles. The van der Waals surface area contributed by atoms with Gasteiger partial charge in [0.2, 0.25) is 0 Å². The second-order valence-corrected chi connectivity index (χ2v) is 7.88. The number of ketones is 2. The molecule has 0 aliphatic heterocycles. The van der Waals surface area contributed by atoms with Crippen molar-refractivity contribution in [2.24, 2.45) is 0 Å². The van der Waals surface area contributed by atoms with Crippen molar-refractivity contribution in [2.75, 3.05) is 18.1 Å². The number of ether oxygens (including phenoxy) is 1. The van der Waals surface area contributed by atoms with Gasteiger partial charge in [-0.3, -0.25) is 14.4 Å². The van der Waals surface area contributed by atoms with Crippen LogP contribution in [0.3, 0.4) is 0 Å². The van der Waals surface area contributed by atoms with Crippen molar-refractivity contribution in [3.63, 3.8) is 0 Å². The van der Waals surface area contributed by atoms with Gasteiger partial charge in [0, 0.05) is 39.5 Å². The summed E-state index contributed by atoms with van der Waals surface area (Å²) >= 11 is 6.02. The Morgan fingerprint density at radius 1 is 0.912 bits per heavy atom. The molecule has 0 atom stereocenters. The molecule has 0 spiro atoms. The smallest absolute Gasteiger partial charge is 0.339 e. The fourth-order valence-electron chi connectivity index (χ4n) is 3.80. The Morgan fingerprint density at radius 3 is 2.29 bits per heavy atom. The Labute approximate surface area is 200 Å². The maximum atomic E-state index is 13.1. The van der Waals surface area contributed by atoms with Crippen LogP contribution >= 0.6 is 11.6 Å². The van der Waals surface area contributed by atoms with Crippen LogP contribution in [0.5, 0.6) is 0 Å². The molecule has 1 amide bonds. The minimum absolute atomic E-state index is 0.0418. The molecule has 168 valence electrons. The number of anilines is 1. The van der Waals surface area contributed by atoms with Crippen LogP contribution in [0.25, 0.3) is 0 Å². The lowest BCUT2D eigenvalue weighted by molar-refractivity contribution is -0.121.